The molecule has 2 aromatic rings. The van der Waals surface area contributed by atoms with Crippen LogP contribution in [-0.2, 0) is 0 Å². The second-order valence-corrected chi connectivity index (χ2v) is 9.45. The van der Waals surface area contributed by atoms with Crippen LogP contribution in [0.15, 0.2) is 35.4 Å². The van der Waals surface area contributed by atoms with Crippen LogP contribution >= 0.6 is 0 Å². The largest absolute Gasteiger partial charge is 0.318 e. The zero-order valence-corrected chi connectivity index (χ0v) is 17.9. The first-order chi connectivity index (χ1) is 13.1. The third kappa shape index (κ3) is 2.65. The number of hydrogen-bond donors (Lipinski definition) is 1. The Morgan fingerprint density at radius 2 is 1.82 bits per heavy atom. The van der Waals surface area contributed by atoms with Crippen molar-refractivity contribution in [3.8, 4) is 5.69 Å². The fourth-order valence-electron chi connectivity index (χ4n) is 5.36. The van der Waals surface area contributed by atoms with Crippen molar-refractivity contribution in [3.05, 3.63) is 52.8 Å². The number of amides is 1. The molecule has 4 nitrogen and oxygen atoms in total. The summed E-state index contributed by atoms with van der Waals surface area (Å²) in [5.41, 5.74) is 9.37. The van der Waals surface area contributed by atoms with E-state index in [1.54, 1.807) is 0 Å². The minimum Gasteiger partial charge on any atom is -0.318 e. The van der Waals surface area contributed by atoms with E-state index in [0.717, 1.165) is 29.2 Å². The van der Waals surface area contributed by atoms with Crippen LogP contribution in [0, 0.1) is 37.5 Å². The highest BCUT2D eigenvalue weighted by molar-refractivity contribution is 5.99. The maximum absolute atomic E-state index is 12.9. The molecule has 2 saturated carbocycles. The number of nitrogens with one attached hydrogen (secondary N) is 1. The molecule has 1 heterocycles. The molecule has 2 fully saturated rings. The molecule has 4 rings (SSSR count). The number of carbonyl (C=O) groups excluding carboxylic acids is 1. The number of hydrazone groups is 1. The molecule has 1 aromatic heterocycles. The van der Waals surface area contributed by atoms with Crippen molar-refractivity contribution in [2.75, 3.05) is 0 Å². The molecule has 28 heavy (non-hydrogen) atoms. The average molecular weight is 378 g/mol. The van der Waals surface area contributed by atoms with Gasteiger partial charge >= 0.3 is 0 Å². The summed E-state index contributed by atoms with van der Waals surface area (Å²) in [6.07, 6.45) is 3.45. The van der Waals surface area contributed by atoms with Gasteiger partial charge in [-0.3, -0.25) is 4.79 Å². The van der Waals surface area contributed by atoms with Crippen LogP contribution < -0.4 is 5.43 Å². The lowest BCUT2D eigenvalue weighted by Crippen LogP contribution is -2.34. The third-order valence-corrected chi connectivity index (χ3v) is 7.77. The standard InChI is InChI=1S/C24H31N3O/c1-15-7-9-19(10-8-15)27-16(2)13-20(17(27)3)22(28)26-25-21-14-18-11-12-24(21,6)23(18,4)5/h7-10,13,18H,11-12,14H2,1-6H3,(H,26,28)/b25-21+. The Balaban J connectivity index is 1.59. The molecule has 1 N–H and O–H groups in total. The van der Waals surface area contributed by atoms with Crippen molar-refractivity contribution in [2.45, 2.75) is 60.8 Å². The minimum atomic E-state index is -0.122. The molecule has 2 bridgehead atoms. The van der Waals surface area contributed by atoms with Gasteiger partial charge in [0.25, 0.3) is 5.91 Å². The van der Waals surface area contributed by atoms with Crippen molar-refractivity contribution in [1.82, 2.24) is 9.99 Å². The molecular weight excluding hydrogens is 346 g/mol. The number of aryl methyl sites for hydroxylation is 2. The number of aromatic nitrogens is 1. The lowest BCUT2D eigenvalue weighted by atomic mass is 9.70. The Labute approximate surface area is 168 Å². The highest BCUT2D eigenvalue weighted by Gasteiger charge is 2.60. The fraction of sp³-hybridized carbons (Fsp3) is 0.500. The zero-order valence-electron chi connectivity index (χ0n) is 17.9. The molecular formula is C24H31N3O. The summed E-state index contributed by atoms with van der Waals surface area (Å²) in [5.74, 6) is 0.558. The van der Waals surface area contributed by atoms with Gasteiger partial charge in [-0.2, -0.15) is 5.10 Å². The second kappa shape index (κ2) is 6.33. The van der Waals surface area contributed by atoms with Gasteiger partial charge in [0.05, 0.1) is 5.56 Å². The van der Waals surface area contributed by atoms with Crippen LogP contribution in [-0.4, -0.2) is 16.2 Å². The van der Waals surface area contributed by atoms with Gasteiger partial charge in [0.15, 0.2) is 0 Å². The molecule has 0 spiro atoms. The molecule has 4 heteroatoms. The first-order valence-corrected chi connectivity index (χ1v) is 10.3. The Bertz CT molecular complexity index is 964. The summed E-state index contributed by atoms with van der Waals surface area (Å²) in [7, 11) is 0. The van der Waals surface area contributed by atoms with E-state index < -0.39 is 0 Å². The van der Waals surface area contributed by atoms with E-state index in [2.05, 4.69) is 67.1 Å². The Hall–Kier alpha value is -2.36. The summed E-state index contributed by atoms with van der Waals surface area (Å²) in [5, 5.41) is 4.62. The number of carbonyl (C=O) groups is 1. The topological polar surface area (TPSA) is 46.4 Å². The lowest BCUT2D eigenvalue weighted by molar-refractivity contribution is 0.0953. The van der Waals surface area contributed by atoms with Crippen LogP contribution in [0.2, 0.25) is 0 Å². The van der Waals surface area contributed by atoms with Gasteiger partial charge in [-0.25, -0.2) is 5.43 Å². The van der Waals surface area contributed by atoms with Gasteiger partial charge in [0, 0.05) is 28.2 Å². The zero-order chi connectivity index (χ0) is 20.3. The van der Waals surface area contributed by atoms with E-state index in [1.807, 2.05) is 19.9 Å². The summed E-state index contributed by atoms with van der Waals surface area (Å²) >= 11 is 0. The summed E-state index contributed by atoms with van der Waals surface area (Å²) in [6, 6.07) is 10.3. The number of hydrogen-bond acceptors (Lipinski definition) is 2. The molecule has 1 aromatic carbocycles. The van der Waals surface area contributed by atoms with Crippen LogP contribution in [0.1, 0.15) is 67.3 Å². The molecule has 2 atom stereocenters. The van der Waals surface area contributed by atoms with Gasteiger partial charge < -0.3 is 4.57 Å². The van der Waals surface area contributed by atoms with Gasteiger partial charge in [0.2, 0.25) is 0 Å². The van der Waals surface area contributed by atoms with Crippen molar-refractivity contribution in [3.63, 3.8) is 0 Å². The van der Waals surface area contributed by atoms with E-state index in [0.29, 0.717) is 11.5 Å². The number of fused-ring (bicyclic) bond motifs is 2. The van der Waals surface area contributed by atoms with Gasteiger partial charge in [-0.1, -0.05) is 38.5 Å². The molecule has 2 aliphatic rings. The van der Waals surface area contributed by atoms with E-state index in [4.69, 9.17) is 0 Å². The number of rotatable bonds is 3. The molecule has 0 radical (unpaired) electrons. The Morgan fingerprint density at radius 1 is 1.14 bits per heavy atom. The molecule has 2 aliphatic carbocycles. The van der Waals surface area contributed by atoms with Crippen molar-refractivity contribution in [1.29, 1.82) is 0 Å². The smallest absolute Gasteiger partial charge is 0.273 e. The van der Waals surface area contributed by atoms with Crippen LogP contribution in [0.4, 0.5) is 0 Å². The van der Waals surface area contributed by atoms with Crippen molar-refractivity contribution < 1.29 is 4.79 Å². The Morgan fingerprint density at radius 3 is 2.39 bits per heavy atom. The monoisotopic (exact) mass is 377 g/mol. The third-order valence-electron chi connectivity index (χ3n) is 7.77. The van der Waals surface area contributed by atoms with Crippen LogP contribution in [0.5, 0.6) is 0 Å². The number of nitrogens with zero attached hydrogens (tertiary/aromatic N) is 2. The SMILES string of the molecule is Cc1ccc(-n2c(C)cc(C(=O)N/N=C3\CC4CCC3(C)C4(C)C)c2C)cc1. The van der Waals surface area contributed by atoms with Crippen LogP contribution in [0.25, 0.3) is 5.69 Å². The fourth-order valence-corrected chi connectivity index (χ4v) is 5.36. The quantitative estimate of drug-likeness (QED) is 0.722. The van der Waals surface area contributed by atoms with Crippen molar-refractivity contribution >= 4 is 11.6 Å². The van der Waals surface area contributed by atoms with E-state index >= 15 is 0 Å². The van der Waals surface area contributed by atoms with Gasteiger partial charge in [0.1, 0.15) is 0 Å². The lowest BCUT2D eigenvalue weighted by Gasteiger charge is -2.34. The normalized spacial score (nSPS) is 26.8. The first kappa shape index (κ1) is 19.0. The van der Waals surface area contributed by atoms with Crippen molar-refractivity contribution in [2.24, 2.45) is 21.8 Å². The predicted molar refractivity (Wildman–Crippen MR) is 114 cm³/mol. The number of benzene rings is 1. The highest BCUT2D eigenvalue weighted by Crippen LogP contribution is 2.63. The molecule has 0 aliphatic heterocycles. The molecule has 1 amide bonds. The maximum atomic E-state index is 12.9. The van der Waals surface area contributed by atoms with Crippen LogP contribution in [0.3, 0.4) is 0 Å². The van der Waals surface area contributed by atoms with Gasteiger partial charge in [-0.15, -0.1) is 0 Å². The second-order valence-electron chi connectivity index (χ2n) is 9.45. The average Bonchev–Trinajstić information content (AvgIpc) is 3.14. The van der Waals surface area contributed by atoms with E-state index in [1.165, 1.54) is 18.4 Å². The molecule has 2 unspecified atom stereocenters. The first-order valence-electron chi connectivity index (χ1n) is 10.3. The summed E-state index contributed by atoms with van der Waals surface area (Å²) in [6.45, 7) is 13.1. The van der Waals surface area contributed by atoms with E-state index in [-0.39, 0.29) is 16.7 Å². The van der Waals surface area contributed by atoms with Gasteiger partial charge in [-0.05, 0) is 69.6 Å². The molecule has 0 saturated heterocycles. The summed E-state index contributed by atoms with van der Waals surface area (Å²) in [4.78, 5) is 12.9. The Kier molecular flexibility index (Phi) is 4.29. The van der Waals surface area contributed by atoms with E-state index in [9.17, 15) is 4.79 Å². The molecule has 148 valence electrons. The highest BCUT2D eigenvalue weighted by atomic mass is 16.2. The summed E-state index contributed by atoms with van der Waals surface area (Å²) < 4.78 is 2.13. The minimum absolute atomic E-state index is 0.101. The predicted octanol–water partition coefficient (Wildman–Crippen LogP) is 5.33. The maximum Gasteiger partial charge on any atom is 0.273 e.